The number of hydrogen-bond donors (Lipinski definition) is 1. The summed E-state index contributed by atoms with van der Waals surface area (Å²) < 4.78 is 18.9. The summed E-state index contributed by atoms with van der Waals surface area (Å²) in [5.74, 6) is -0.635. The first-order valence-corrected chi connectivity index (χ1v) is 6.88. The van der Waals surface area contributed by atoms with E-state index in [4.69, 9.17) is 9.84 Å². The van der Waals surface area contributed by atoms with E-state index < -0.39 is 5.97 Å². The van der Waals surface area contributed by atoms with Crippen molar-refractivity contribution in [3.63, 3.8) is 0 Å². The van der Waals surface area contributed by atoms with Gasteiger partial charge in [0.15, 0.2) is 11.6 Å². The number of hydrogen-bond acceptors (Lipinski definition) is 3. The number of halogens is 1. The number of rotatable bonds is 5. The molecule has 20 heavy (non-hydrogen) atoms. The quantitative estimate of drug-likeness (QED) is 0.851. The molecule has 2 aromatic rings. The minimum atomic E-state index is -0.958. The van der Waals surface area contributed by atoms with Crippen LogP contribution in [0.4, 0.5) is 4.39 Å². The van der Waals surface area contributed by atoms with Gasteiger partial charge in [0.2, 0.25) is 0 Å². The van der Waals surface area contributed by atoms with Crippen LogP contribution in [-0.2, 0) is 5.75 Å². The lowest BCUT2D eigenvalue weighted by molar-refractivity contribution is 0.0697. The van der Waals surface area contributed by atoms with Gasteiger partial charge in [0.1, 0.15) is 0 Å². The van der Waals surface area contributed by atoms with Crippen LogP contribution in [0.3, 0.4) is 0 Å². The molecule has 0 heterocycles. The van der Waals surface area contributed by atoms with E-state index in [9.17, 15) is 9.18 Å². The number of methoxy groups -OCH3 is 1. The van der Waals surface area contributed by atoms with Crippen molar-refractivity contribution in [3.05, 3.63) is 59.4 Å². The van der Waals surface area contributed by atoms with E-state index in [1.165, 1.54) is 31.0 Å². The van der Waals surface area contributed by atoms with Gasteiger partial charge in [-0.15, -0.1) is 11.8 Å². The normalized spacial score (nSPS) is 10.3. The van der Waals surface area contributed by atoms with Crippen LogP contribution in [0.15, 0.2) is 47.4 Å². The van der Waals surface area contributed by atoms with Crippen molar-refractivity contribution in [3.8, 4) is 5.75 Å². The summed E-state index contributed by atoms with van der Waals surface area (Å²) >= 11 is 1.44. The predicted octanol–water partition coefficient (Wildman–Crippen LogP) is 3.82. The molecule has 0 saturated carbocycles. The van der Waals surface area contributed by atoms with Crippen molar-refractivity contribution in [2.75, 3.05) is 7.11 Å². The van der Waals surface area contributed by atoms with Gasteiger partial charge in [-0.2, -0.15) is 0 Å². The van der Waals surface area contributed by atoms with E-state index in [1.807, 2.05) is 0 Å². The zero-order chi connectivity index (χ0) is 14.5. The third kappa shape index (κ3) is 3.30. The molecule has 5 heteroatoms. The van der Waals surface area contributed by atoms with Crippen molar-refractivity contribution in [1.82, 2.24) is 0 Å². The van der Waals surface area contributed by atoms with Crippen molar-refractivity contribution in [2.24, 2.45) is 0 Å². The minimum Gasteiger partial charge on any atom is -0.494 e. The lowest BCUT2D eigenvalue weighted by atomic mass is 10.2. The summed E-state index contributed by atoms with van der Waals surface area (Å²) in [6.45, 7) is 0. The van der Waals surface area contributed by atoms with Crippen LogP contribution in [0.2, 0.25) is 0 Å². The number of carbonyl (C=O) groups is 1. The Balaban J connectivity index is 2.07. The summed E-state index contributed by atoms with van der Waals surface area (Å²) in [5, 5.41) is 8.81. The maximum Gasteiger partial charge on any atom is 0.335 e. The van der Waals surface area contributed by atoms with Gasteiger partial charge in [0, 0.05) is 16.2 Å². The number of thioether (sulfide) groups is 1. The molecule has 0 aliphatic heterocycles. The Hall–Kier alpha value is -2.01. The number of carboxylic acids is 1. The molecule has 0 aliphatic rings. The molecule has 0 bridgehead atoms. The van der Waals surface area contributed by atoms with Gasteiger partial charge in [0.05, 0.1) is 12.7 Å². The molecule has 2 aromatic carbocycles. The highest BCUT2D eigenvalue weighted by atomic mass is 32.2. The number of benzene rings is 2. The van der Waals surface area contributed by atoms with Crippen LogP contribution in [0.1, 0.15) is 15.9 Å². The van der Waals surface area contributed by atoms with Crippen molar-refractivity contribution in [1.29, 1.82) is 0 Å². The van der Waals surface area contributed by atoms with E-state index >= 15 is 0 Å². The van der Waals surface area contributed by atoms with E-state index in [1.54, 1.807) is 30.3 Å². The fourth-order valence-corrected chi connectivity index (χ4v) is 2.55. The average Bonchev–Trinajstić information content (AvgIpc) is 2.46. The molecule has 0 aliphatic carbocycles. The van der Waals surface area contributed by atoms with Gasteiger partial charge < -0.3 is 9.84 Å². The molecule has 3 nitrogen and oxygen atoms in total. The van der Waals surface area contributed by atoms with Crippen LogP contribution < -0.4 is 4.74 Å². The fraction of sp³-hybridized carbons (Fsp3) is 0.133. The topological polar surface area (TPSA) is 46.5 Å². The summed E-state index contributed by atoms with van der Waals surface area (Å²) in [6, 6.07) is 11.5. The molecule has 0 amide bonds. The first-order chi connectivity index (χ1) is 9.61. The van der Waals surface area contributed by atoms with Crippen molar-refractivity contribution < 1.29 is 19.0 Å². The minimum absolute atomic E-state index is 0.226. The Morgan fingerprint density at radius 2 is 1.95 bits per heavy atom. The molecule has 0 unspecified atom stereocenters. The second-order valence-electron chi connectivity index (χ2n) is 4.05. The van der Waals surface area contributed by atoms with E-state index in [0.717, 1.165) is 4.90 Å². The molecule has 1 N–H and O–H groups in total. The highest BCUT2D eigenvalue weighted by Gasteiger charge is 2.09. The predicted molar refractivity (Wildman–Crippen MR) is 75.9 cm³/mol. The van der Waals surface area contributed by atoms with E-state index in [-0.39, 0.29) is 17.1 Å². The monoisotopic (exact) mass is 292 g/mol. The fourth-order valence-electron chi connectivity index (χ4n) is 1.68. The molecule has 2 rings (SSSR count). The van der Waals surface area contributed by atoms with Gasteiger partial charge in [-0.1, -0.05) is 12.1 Å². The summed E-state index contributed by atoms with van der Waals surface area (Å²) in [4.78, 5) is 11.6. The van der Waals surface area contributed by atoms with Gasteiger partial charge in [-0.3, -0.25) is 0 Å². The molecule has 0 atom stereocenters. The lowest BCUT2D eigenvalue weighted by Crippen LogP contribution is -1.95. The molecule has 0 fully saturated rings. The maximum absolute atomic E-state index is 13.9. The Morgan fingerprint density at radius 3 is 2.55 bits per heavy atom. The van der Waals surface area contributed by atoms with E-state index in [0.29, 0.717) is 11.3 Å². The van der Waals surface area contributed by atoms with Crippen LogP contribution >= 0.6 is 11.8 Å². The van der Waals surface area contributed by atoms with Gasteiger partial charge in [-0.05, 0) is 30.3 Å². The summed E-state index contributed by atoms with van der Waals surface area (Å²) in [5.41, 5.74) is 0.790. The van der Waals surface area contributed by atoms with Crippen LogP contribution in [-0.4, -0.2) is 18.2 Å². The maximum atomic E-state index is 13.9. The summed E-state index contributed by atoms with van der Waals surface area (Å²) in [7, 11) is 1.43. The Kier molecular flexibility index (Phi) is 4.63. The van der Waals surface area contributed by atoms with Gasteiger partial charge >= 0.3 is 5.97 Å². The number of aromatic carboxylic acids is 1. The average molecular weight is 292 g/mol. The smallest absolute Gasteiger partial charge is 0.335 e. The highest BCUT2D eigenvalue weighted by molar-refractivity contribution is 7.98. The highest BCUT2D eigenvalue weighted by Crippen LogP contribution is 2.27. The van der Waals surface area contributed by atoms with Gasteiger partial charge in [0.25, 0.3) is 0 Å². The molecule has 104 valence electrons. The second-order valence-corrected chi connectivity index (χ2v) is 5.10. The third-order valence-corrected chi connectivity index (χ3v) is 3.82. The Morgan fingerprint density at radius 1 is 1.25 bits per heavy atom. The Labute approximate surface area is 120 Å². The Bertz CT molecular complexity index is 611. The van der Waals surface area contributed by atoms with Crippen LogP contribution in [0.25, 0.3) is 0 Å². The second kappa shape index (κ2) is 6.43. The van der Waals surface area contributed by atoms with Crippen molar-refractivity contribution in [2.45, 2.75) is 10.6 Å². The molecular weight excluding hydrogens is 279 g/mol. The molecular formula is C15H13FO3S. The number of ether oxygens (including phenoxy) is 1. The van der Waals surface area contributed by atoms with Crippen LogP contribution in [0.5, 0.6) is 5.75 Å². The SMILES string of the molecule is COc1cccc(CSc2ccc(C(=O)O)cc2)c1F. The molecule has 0 aromatic heterocycles. The lowest BCUT2D eigenvalue weighted by Gasteiger charge is -2.07. The molecule has 0 saturated heterocycles. The number of carboxylic acid groups (broad SMARTS) is 1. The summed E-state index contributed by atoms with van der Waals surface area (Å²) in [6.07, 6.45) is 0. The van der Waals surface area contributed by atoms with Crippen LogP contribution in [0, 0.1) is 5.82 Å². The molecule has 0 spiro atoms. The molecule has 0 radical (unpaired) electrons. The van der Waals surface area contributed by atoms with Crippen molar-refractivity contribution >= 4 is 17.7 Å². The zero-order valence-corrected chi connectivity index (χ0v) is 11.6. The van der Waals surface area contributed by atoms with E-state index in [2.05, 4.69) is 0 Å². The van der Waals surface area contributed by atoms with Gasteiger partial charge in [-0.25, -0.2) is 9.18 Å². The first kappa shape index (κ1) is 14.4. The third-order valence-electron chi connectivity index (χ3n) is 2.76. The zero-order valence-electron chi connectivity index (χ0n) is 10.8. The largest absolute Gasteiger partial charge is 0.494 e. The standard InChI is InChI=1S/C15H13FO3S/c1-19-13-4-2-3-11(14(13)16)9-20-12-7-5-10(6-8-12)15(17)18/h2-8H,9H2,1H3,(H,17,18). The first-order valence-electron chi connectivity index (χ1n) is 5.89.